The second-order valence-electron chi connectivity index (χ2n) is 6.59. The summed E-state index contributed by atoms with van der Waals surface area (Å²) in [6.07, 6.45) is 2.64. The van der Waals surface area contributed by atoms with Gasteiger partial charge in [0.05, 0.1) is 5.69 Å². The third-order valence-electron chi connectivity index (χ3n) is 5.07. The van der Waals surface area contributed by atoms with Crippen LogP contribution < -0.4 is 17.2 Å². The van der Waals surface area contributed by atoms with Crippen LogP contribution in [0, 0.1) is 11.8 Å². The van der Waals surface area contributed by atoms with Gasteiger partial charge in [0.1, 0.15) is 5.82 Å². The first kappa shape index (κ1) is 14.4. The lowest BCUT2D eigenvalue weighted by molar-refractivity contribution is 0.302. The summed E-state index contributed by atoms with van der Waals surface area (Å²) in [4.78, 5) is 18.2. The Morgan fingerprint density at radius 1 is 1.22 bits per heavy atom. The van der Waals surface area contributed by atoms with Gasteiger partial charge in [0, 0.05) is 31.9 Å². The van der Waals surface area contributed by atoms with Gasteiger partial charge < -0.3 is 16.4 Å². The number of fused-ring (bicyclic) bond motifs is 1. The minimum Gasteiger partial charge on any atom is -0.383 e. The summed E-state index contributed by atoms with van der Waals surface area (Å²) in [6.45, 7) is 3.30. The second kappa shape index (κ2) is 5.47. The van der Waals surface area contributed by atoms with E-state index in [-0.39, 0.29) is 11.5 Å². The lowest BCUT2D eigenvalue weighted by Crippen LogP contribution is -2.30. The average Bonchev–Trinajstić information content (AvgIpc) is 2.96. The number of benzene rings is 1. The Labute approximate surface area is 134 Å². The summed E-state index contributed by atoms with van der Waals surface area (Å²) in [5, 5.41) is 0. The van der Waals surface area contributed by atoms with Crippen molar-refractivity contribution in [2.24, 2.45) is 17.6 Å². The van der Waals surface area contributed by atoms with E-state index in [9.17, 15) is 4.79 Å². The maximum atomic E-state index is 11.9. The van der Waals surface area contributed by atoms with Crippen LogP contribution in [0.5, 0.6) is 0 Å². The van der Waals surface area contributed by atoms with Crippen LogP contribution in [-0.2, 0) is 6.42 Å². The van der Waals surface area contributed by atoms with E-state index in [1.54, 1.807) is 12.3 Å². The van der Waals surface area contributed by atoms with E-state index >= 15 is 0 Å². The Balaban J connectivity index is 1.45. The van der Waals surface area contributed by atoms with E-state index in [0.29, 0.717) is 6.04 Å². The van der Waals surface area contributed by atoms with Crippen molar-refractivity contribution in [1.82, 2.24) is 14.5 Å². The van der Waals surface area contributed by atoms with Crippen molar-refractivity contribution < 1.29 is 0 Å². The van der Waals surface area contributed by atoms with Gasteiger partial charge in [-0.3, -0.25) is 4.57 Å². The highest BCUT2D eigenvalue weighted by atomic mass is 16.1. The van der Waals surface area contributed by atoms with Gasteiger partial charge in [0.2, 0.25) is 0 Å². The van der Waals surface area contributed by atoms with Crippen molar-refractivity contribution in [3.05, 3.63) is 52.6 Å². The predicted molar refractivity (Wildman–Crippen MR) is 89.3 cm³/mol. The van der Waals surface area contributed by atoms with E-state index in [1.165, 1.54) is 10.1 Å². The van der Waals surface area contributed by atoms with Gasteiger partial charge in [-0.15, -0.1) is 0 Å². The largest absolute Gasteiger partial charge is 0.383 e. The normalized spacial score (nSPS) is 26.2. The molecule has 1 aliphatic heterocycles. The molecular formula is C17H21N5O. The lowest BCUT2D eigenvalue weighted by atomic mass is 10.1. The number of hydrogen-bond donors (Lipinski definition) is 2. The number of nitrogens with two attached hydrogens (primary N) is 2. The van der Waals surface area contributed by atoms with Crippen LogP contribution in [0.25, 0.3) is 5.69 Å². The predicted octanol–water partition coefficient (Wildman–Crippen LogP) is 0.246. The summed E-state index contributed by atoms with van der Waals surface area (Å²) in [5.41, 5.74) is 13.2. The summed E-state index contributed by atoms with van der Waals surface area (Å²) in [6, 6.07) is 10.1. The molecule has 2 fully saturated rings. The third-order valence-corrected chi connectivity index (χ3v) is 5.07. The zero-order valence-electron chi connectivity index (χ0n) is 12.9. The van der Waals surface area contributed by atoms with E-state index in [1.807, 2.05) is 18.2 Å². The molecule has 0 bridgehead atoms. The molecule has 1 aromatic carbocycles. The molecule has 120 valence electrons. The number of likely N-dealkylation sites (tertiary alicyclic amines) is 1. The van der Waals surface area contributed by atoms with E-state index in [4.69, 9.17) is 11.5 Å². The van der Waals surface area contributed by atoms with Gasteiger partial charge in [-0.25, -0.2) is 4.79 Å². The Morgan fingerprint density at radius 3 is 2.74 bits per heavy atom. The Morgan fingerprint density at radius 2 is 2.00 bits per heavy atom. The summed E-state index contributed by atoms with van der Waals surface area (Å²) in [5.74, 6) is 1.69. The maximum absolute atomic E-state index is 11.9. The molecule has 2 aromatic rings. The molecule has 1 aromatic heterocycles. The minimum absolute atomic E-state index is 0.244. The van der Waals surface area contributed by atoms with Crippen molar-refractivity contribution >= 4 is 5.82 Å². The minimum atomic E-state index is -0.351. The number of rotatable bonds is 4. The van der Waals surface area contributed by atoms with Gasteiger partial charge in [-0.05, 0) is 42.0 Å². The quantitative estimate of drug-likeness (QED) is 0.844. The highest BCUT2D eigenvalue weighted by Crippen LogP contribution is 2.43. The number of nitrogen functional groups attached to an aromatic ring is 1. The first-order chi connectivity index (χ1) is 11.1. The topological polar surface area (TPSA) is 90.2 Å². The molecule has 4 N–H and O–H groups in total. The maximum Gasteiger partial charge on any atom is 0.354 e. The van der Waals surface area contributed by atoms with E-state index in [2.05, 4.69) is 16.0 Å². The molecule has 23 heavy (non-hydrogen) atoms. The summed E-state index contributed by atoms with van der Waals surface area (Å²) >= 11 is 0. The molecule has 2 unspecified atom stereocenters. The molecule has 1 saturated heterocycles. The van der Waals surface area contributed by atoms with E-state index < -0.39 is 0 Å². The van der Waals surface area contributed by atoms with E-state index in [0.717, 1.165) is 43.6 Å². The van der Waals surface area contributed by atoms with Crippen LogP contribution in [0.2, 0.25) is 0 Å². The molecule has 6 nitrogen and oxygen atoms in total. The molecule has 1 saturated carbocycles. The number of piperidine rings is 1. The van der Waals surface area contributed by atoms with Gasteiger partial charge in [-0.1, -0.05) is 12.1 Å². The fourth-order valence-electron chi connectivity index (χ4n) is 3.60. The third kappa shape index (κ3) is 2.75. The van der Waals surface area contributed by atoms with Crippen molar-refractivity contribution in [2.45, 2.75) is 12.5 Å². The van der Waals surface area contributed by atoms with Crippen LogP contribution in [0.15, 0.2) is 41.3 Å². The average molecular weight is 311 g/mol. The second-order valence-corrected chi connectivity index (χ2v) is 6.59. The smallest absolute Gasteiger partial charge is 0.354 e. The number of hydrogen-bond acceptors (Lipinski definition) is 5. The standard InChI is InChI=1S/C17H21N5O/c18-15-5-7-22(17(23)20-15)12-3-1-2-11(8-12)4-6-21-9-13-14(10-21)16(13)19/h1-3,5,7-8,13-14,16H,4,6,9-10,19H2,(H2,18,20,23)/t13-,14?,16?/m1/s1. The highest BCUT2D eigenvalue weighted by Gasteiger charge is 2.53. The number of aromatic nitrogens is 2. The number of nitrogens with zero attached hydrogens (tertiary/aromatic N) is 3. The fourth-order valence-corrected chi connectivity index (χ4v) is 3.60. The zero-order valence-corrected chi connectivity index (χ0v) is 12.9. The molecule has 0 radical (unpaired) electrons. The van der Waals surface area contributed by atoms with Crippen LogP contribution in [0.4, 0.5) is 5.82 Å². The number of anilines is 1. The van der Waals surface area contributed by atoms with Crippen molar-refractivity contribution in [3.8, 4) is 5.69 Å². The molecular weight excluding hydrogens is 290 g/mol. The monoisotopic (exact) mass is 311 g/mol. The Hall–Kier alpha value is -2.18. The zero-order chi connectivity index (χ0) is 16.0. The molecule has 3 atom stereocenters. The van der Waals surface area contributed by atoms with Crippen molar-refractivity contribution in [1.29, 1.82) is 0 Å². The van der Waals surface area contributed by atoms with Gasteiger partial charge >= 0.3 is 5.69 Å². The van der Waals surface area contributed by atoms with Crippen LogP contribution in [0.1, 0.15) is 5.56 Å². The molecule has 0 amide bonds. The SMILES string of the molecule is Nc1ccn(-c2cccc(CCN3CC4C(N)[C@@H]4C3)c2)c(=O)n1. The molecule has 2 heterocycles. The van der Waals surface area contributed by atoms with Crippen molar-refractivity contribution in [3.63, 3.8) is 0 Å². The molecule has 0 spiro atoms. The Kier molecular flexibility index (Phi) is 3.43. The van der Waals surface area contributed by atoms with Gasteiger partial charge in [0.25, 0.3) is 0 Å². The lowest BCUT2D eigenvalue weighted by Gasteiger charge is -2.18. The summed E-state index contributed by atoms with van der Waals surface area (Å²) in [7, 11) is 0. The van der Waals surface area contributed by atoms with Crippen molar-refractivity contribution in [2.75, 3.05) is 25.4 Å². The van der Waals surface area contributed by atoms with Crippen LogP contribution in [-0.4, -0.2) is 40.1 Å². The molecule has 4 rings (SSSR count). The molecule has 2 aliphatic rings. The molecule has 6 heteroatoms. The summed E-state index contributed by atoms with van der Waals surface area (Å²) < 4.78 is 1.52. The van der Waals surface area contributed by atoms with Crippen LogP contribution in [0.3, 0.4) is 0 Å². The Bertz CT molecular complexity index is 775. The van der Waals surface area contributed by atoms with Gasteiger partial charge in [0.15, 0.2) is 0 Å². The highest BCUT2D eigenvalue weighted by molar-refractivity contribution is 5.37. The first-order valence-corrected chi connectivity index (χ1v) is 8.04. The van der Waals surface area contributed by atoms with Crippen LogP contribution >= 0.6 is 0 Å². The molecule has 1 aliphatic carbocycles. The van der Waals surface area contributed by atoms with Gasteiger partial charge in [-0.2, -0.15) is 4.98 Å². The first-order valence-electron chi connectivity index (χ1n) is 8.04. The fraction of sp³-hybridized carbons (Fsp3) is 0.412.